The van der Waals surface area contributed by atoms with E-state index in [0.29, 0.717) is 11.5 Å². The first-order valence-corrected chi connectivity index (χ1v) is 8.57. The molecule has 0 saturated carbocycles. The number of nitrogens with zero attached hydrogens (tertiary/aromatic N) is 2. The fourth-order valence-electron chi connectivity index (χ4n) is 4.03. The molecular weight excluding hydrogens is 246 g/mol. The van der Waals surface area contributed by atoms with Crippen LogP contribution in [0.4, 0.5) is 0 Å². The average molecular weight is 281 g/mol. The summed E-state index contributed by atoms with van der Waals surface area (Å²) in [5, 5.41) is 3.52. The van der Waals surface area contributed by atoms with Crippen LogP contribution in [-0.4, -0.2) is 61.2 Å². The fraction of sp³-hybridized carbons (Fsp3) is 1.00. The zero-order valence-corrected chi connectivity index (χ0v) is 14.3. The van der Waals surface area contributed by atoms with Gasteiger partial charge in [-0.2, -0.15) is 0 Å². The van der Waals surface area contributed by atoms with Gasteiger partial charge in [-0.25, -0.2) is 0 Å². The van der Waals surface area contributed by atoms with E-state index in [0.717, 1.165) is 12.1 Å². The van der Waals surface area contributed by atoms with Crippen molar-refractivity contribution in [1.29, 1.82) is 0 Å². The van der Waals surface area contributed by atoms with Crippen molar-refractivity contribution in [3.8, 4) is 0 Å². The molecule has 0 aromatic rings. The molecule has 0 spiro atoms. The van der Waals surface area contributed by atoms with Crippen molar-refractivity contribution >= 4 is 0 Å². The Hall–Kier alpha value is -0.120. The fourth-order valence-corrected chi connectivity index (χ4v) is 4.03. The van der Waals surface area contributed by atoms with Crippen molar-refractivity contribution < 1.29 is 0 Å². The van der Waals surface area contributed by atoms with E-state index >= 15 is 0 Å². The Balaban J connectivity index is 1.86. The third-order valence-corrected chi connectivity index (χ3v) is 5.42. The molecule has 20 heavy (non-hydrogen) atoms. The van der Waals surface area contributed by atoms with E-state index in [1.54, 1.807) is 0 Å². The first-order chi connectivity index (χ1) is 9.41. The molecule has 0 amide bonds. The summed E-state index contributed by atoms with van der Waals surface area (Å²) in [4.78, 5) is 5.48. The molecule has 118 valence electrons. The SMILES string of the molecule is CNC(CCN1CC2CCCCN2CC1C)C(C)(C)C. The molecule has 3 nitrogen and oxygen atoms in total. The van der Waals surface area contributed by atoms with Gasteiger partial charge in [0.1, 0.15) is 0 Å². The van der Waals surface area contributed by atoms with E-state index < -0.39 is 0 Å². The lowest BCUT2D eigenvalue weighted by molar-refractivity contribution is 0.0119. The minimum absolute atomic E-state index is 0.352. The van der Waals surface area contributed by atoms with Gasteiger partial charge in [-0.1, -0.05) is 27.2 Å². The van der Waals surface area contributed by atoms with Crippen molar-refractivity contribution in [2.45, 2.75) is 71.5 Å². The van der Waals surface area contributed by atoms with Gasteiger partial charge >= 0.3 is 0 Å². The molecule has 0 radical (unpaired) electrons. The van der Waals surface area contributed by atoms with Crippen molar-refractivity contribution in [1.82, 2.24) is 15.1 Å². The second kappa shape index (κ2) is 6.76. The van der Waals surface area contributed by atoms with Gasteiger partial charge in [0, 0.05) is 37.8 Å². The van der Waals surface area contributed by atoms with Crippen LogP contribution in [-0.2, 0) is 0 Å². The molecule has 2 heterocycles. The van der Waals surface area contributed by atoms with Crippen LogP contribution in [0.5, 0.6) is 0 Å². The van der Waals surface area contributed by atoms with Gasteiger partial charge in [-0.15, -0.1) is 0 Å². The van der Waals surface area contributed by atoms with Crippen LogP contribution >= 0.6 is 0 Å². The van der Waals surface area contributed by atoms with Crippen LogP contribution in [0.25, 0.3) is 0 Å². The summed E-state index contributed by atoms with van der Waals surface area (Å²) >= 11 is 0. The van der Waals surface area contributed by atoms with Crippen molar-refractivity contribution in [3.63, 3.8) is 0 Å². The molecule has 2 rings (SSSR count). The maximum absolute atomic E-state index is 3.52. The quantitative estimate of drug-likeness (QED) is 0.854. The normalized spacial score (nSPS) is 31.1. The van der Waals surface area contributed by atoms with E-state index in [4.69, 9.17) is 0 Å². The predicted octanol–water partition coefficient (Wildman–Crippen LogP) is 2.57. The maximum atomic E-state index is 3.52. The Bertz CT molecular complexity index is 297. The molecule has 0 aliphatic carbocycles. The van der Waals surface area contributed by atoms with Crippen molar-refractivity contribution in [3.05, 3.63) is 0 Å². The summed E-state index contributed by atoms with van der Waals surface area (Å²) in [6.45, 7) is 14.6. The van der Waals surface area contributed by atoms with Crippen LogP contribution < -0.4 is 5.32 Å². The highest BCUT2D eigenvalue weighted by molar-refractivity contribution is 4.90. The first-order valence-electron chi connectivity index (χ1n) is 8.57. The van der Waals surface area contributed by atoms with Gasteiger partial charge in [0.05, 0.1) is 0 Å². The van der Waals surface area contributed by atoms with Crippen LogP contribution in [0.1, 0.15) is 53.4 Å². The Morgan fingerprint density at radius 1 is 1.20 bits per heavy atom. The molecule has 0 bridgehead atoms. The number of nitrogens with one attached hydrogen (secondary N) is 1. The second-order valence-corrected chi connectivity index (χ2v) is 7.98. The monoisotopic (exact) mass is 281 g/mol. The van der Waals surface area contributed by atoms with Crippen molar-refractivity contribution in [2.24, 2.45) is 5.41 Å². The number of piperazine rings is 1. The average Bonchev–Trinajstić information content (AvgIpc) is 2.38. The minimum atomic E-state index is 0.352. The highest BCUT2D eigenvalue weighted by atomic mass is 15.3. The van der Waals surface area contributed by atoms with Gasteiger partial charge in [-0.3, -0.25) is 9.80 Å². The lowest BCUT2D eigenvalue weighted by atomic mass is 9.84. The lowest BCUT2D eigenvalue weighted by Gasteiger charge is -2.48. The van der Waals surface area contributed by atoms with E-state index in [1.165, 1.54) is 51.9 Å². The molecule has 3 unspecified atom stereocenters. The highest BCUT2D eigenvalue weighted by Crippen LogP contribution is 2.26. The second-order valence-electron chi connectivity index (χ2n) is 7.98. The molecular formula is C17H35N3. The van der Waals surface area contributed by atoms with E-state index in [-0.39, 0.29) is 0 Å². The number of hydrogen-bond donors (Lipinski definition) is 1. The molecule has 2 saturated heterocycles. The number of fused-ring (bicyclic) bond motifs is 1. The first kappa shape index (κ1) is 16.3. The maximum Gasteiger partial charge on any atom is 0.0223 e. The standard InChI is InChI=1S/C17H35N3/c1-14-12-20-10-7-6-8-15(20)13-19(14)11-9-16(18-5)17(2,3)4/h14-16,18H,6-13H2,1-5H3. The van der Waals surface area contributed by atoms with Crippen LogP contribution in [0.2, 0.25) is 0 Å². The van der Waals surface area contributed by atoms with Gasteiger partial charge in [0.15, 0.2) is 0 Å². The van der Waals surface area contributed by atoms with Crippen LogP contribution in [0.15, 0.2) is 0 Å². The van der Waals surface area contributed by atoms with Gasteiger partial charge in [0.2, 0.25) is 0 Å². The molecule has 1 N–H and O–H groups in total. The molecule has 2 aliphatic rings. The lowest BCUT2D eigenvalue weighted by Crippen LogP contribution is -2.59. The van der Waals surface area contributed by atoms with E-state index in [1.807, 2.05) is 0 Å². The summed E-state index contributed by atoms with van der Waals surface area (Å²) < 4.78 is 0. The number of rotatable bonds is 4. The molecule has 2 fully saturated rings. The number of hydrogen-bond acceptors (Lipinski definition) is 3. The Kier molecular flexibility index (Phi) is 5.49. The Morgan fingerprint density at radius 2 is 1.95 bits per heavy atom. The Labute approximate surface area is 126 Å². The Morgan fingerprint density at radius 3 is 2.60 bits per heavy atom. The topological polar surface area (TPSA) is 18.5 Å². The third kappa shape index (κ3) is 3.96. The molecule has 2 aliphatic heterocycles. The smallest absolute Gasteiger partial charge is 0.0223 e. The molecule has 3 atom stereocenters. The number of piperidine rings is 1. The highest BCUT2D eigenvalue weighted by Gasteiger charge is 2.33. The van der Waals surface area contributed by atoms with E-state index in [2.05, 4.69) is 49.9 Å². The van der Waals surface area contributed by atoms with Gasteiger partial charge in [0.25, 0.3) is 0 Å². The summed E-state index contributed by atoms with van der Waals surface area (Å²) in [5.41, 5.74) is 0.352. The zero-order chi connectivity index (χ0) is 14.8. The van der Waals surface area contributed by atoms with Crippen LogP contribution in [0.3, 0.4) is 0 Å². The third-order valence-electron chi connectivity index (χ3n) is 5.42. The molecule has 3 heteroatoms. The van der Waals surface area contributed by atoms with E-state index in [9.17, 15) is 0 Å². The summed E-state index contributed by atoms with van der Waals surface area (Å²) in [6.07, 6.45) is 5.52. The van der Waals surface area contributed by atoms with Crippen molar-refractivity contribution in [2.75, 3.05) is 33.2 Å². The largest absolute Gasteiger partial charge is 0.316 e. The van der Waals surface area contributed by atoms with Gasteiger partial charge < -0.3 is 5.32 Å². The van der Waals surface area contributed by atoms with Gasteiger partial charge in [-0.05, 0) is 45.2 Å². The summed E-state index contributed by atoms with van der Waals surface area (Å²) in [5.74, 6) is 0. The predicted molar refractivity (Wildman–Crippen MR) is 87.2 cm³/mol. The molecule has 0 aromatic heterocycles. The summed E-state index contributed by atoms with van der Waals surface area (Å²) in [6, 6.07) is 2.17. The minimum Gasteiger partial charge on any atom is -0.316 e. The van der Waals surface area contributed by atoms with Crippen LogP contribution in [0, 0.1) is 5.41 Å². The summed E-state index contributed by atoms with van der Waals surface area (Å²) in [7, 11) is 2.11. The molecule has 0 aromatic carbocycles. The zero-order valence-electron chi connectivity index (χ0n) is 14.3.